The molecule has 1 aliphatic rings. The number of carboxylic acids is 1. The molecule has 1 aromatic rings. The van der Waals surface area contributed by atoms with Gasteiger partial charge in [0, 0.05) is 11.3 Å². The van der Waals surface area contributed by atoms with E-state index in [0.717, 1.165) is 25.7 Å². The van der Waals surface area contributed by atoms with Gasteiger partial charge in [-0.25, -0.2) is 0 Å². The van der Waals surface area contributed by atoms with Crippen molar-refractivity contribution in [3.63, 3.8) is 0 Å². The summed E-state index contributed by atoms with van der Waals surface area (Å²) in [6, 6.07) is 2.14. The van der Waals surface area contributed by atoms with E-state index < -0.39 is 12.0 Å². The summed E-state index contributed by atoms with van der Waals surface area (Å²) in [6.45, 7) is 2.10. The molecule has 1 saturated heterocycles. The second-order valence-corrected chi connectivity index (χ2v) is 7.46. The number of benzene rings is 1. The molecule has 0 saturated carbocycles. The second-order valence-electron chi connectivity index (χ2n) is 6.25. The van der Waals surface area contributed by atoms with E-state index >= 15 is 0 Å². The summed E-state index contributed by atoms with van der Waals surface area (Å²) in [6.07, 6.45) is 3.78. The fourth-order valence-electron chi connectivity index (χ4n) is 3.16. The number of carbonyl (C=O) groups excluding carboxylic acids is 2. The van der Waals surface area contributed by atoms with Crippen molar-refractivity contribution in [2.75, 3.05) is 27.1 Å². The third-order valence-corrected chi connectivity index (χ3v) is 5.92. The molecule has 1 aliphatic heterocycles. The van der Waals surface area contributed by atoms with Gasteiger partial charge < -0.3 is 29.0 Å². The maximum Gasteiger partial charge on any atom is 0.255 e. The molecule has 0 aliphatic carbocycles. The summed E-state index contributed by atoms with van der Waals surface area (Å²) in [5.74, 6) is -0.214. The SMILES string of the molecule is CCCCC[C@H]1SC[C@@H](C(=O)[O-])N1C(=O)c1cc(OC)c(OC)c(OC)c1. The molecule has 7 nitrogen and oxygen atoms in total. The zero-order chi connectivity index (χ0) is 20.0. The molecule has 1 amide bonds. The normalized spacial score (nSPS) is 19.0. The Kier molecular flexibility index (Phi) is 7.65. The maximum atomic E-state index is 13.2. The van der Waals surface area contributed by atoms with Gasteiger partial charge in [0.15, 0.2) is 11.5 Å². The van der Waals surface area contributed by atoms with Crippen LogP contribution in [-0.4, -0.2) is 55.3 Å². The van der Waals surface area contributed by atoms with Gasteiger partial charge in [0.25, 0.3) is 5.91 Å². The molecule has 0 unspecified atom stereocenters. The average molecular weight is 396 g/mol. The predicted octanol–water partition coefficient (Wildman–Crippen LogP) is 1.93. The monoisotopic (exact) mass is 396 g/mol. The van der Waals surface area contributed by atoms with Gasteiger partial charge in [-0.2, -0.15) is 0 Å². The number of amides is 1. The number of carboxylic acid groups (broad SMARTS) is 1. The third-order valence-electron chi connectivity index (χ3n) is 4.57. The van der Waals surface area contributed by atoms with E-state index in [4.69, 9.17) is 14.2 Å². The van der Waals surface area contributed by atoms with Crippen molar-refractivity contribution < 1.29 is 28.9 Å². The largest absolute Gasteiger partial charge is 0.548 e. The first-order chi connectivity index (χ1) is 13.0. The minimum atomic E-state index is -1.23. The summed E-state index contributed by atoms with van der Waals surface area (Å²) in [4.78, 5) is 26.2. The van der Waals surface area contributed by atoms with E-state index in [1.54, 1.807) is 12.1 Å². The molecule has 0 N–H and O–H groups in total. The van der Waals surface area contributed by atoms with Crippen molar-refractivity contribution in [1.82, 2.24) is 4.90 Å². The fourth-order valence-corrected chi connectivity index (χ4v) is 4.60. The van der Waals surface area contributed by atoms with Crippen molar-refractivity contribution in [3.8, 4) is 17.2 Å². The zero-order valence-corrected chi connectivity index (χ0v) is 17.0. The molecule has 1 heterocycles. The lowest BCUT2D eigenvalue weighted by Gasteiger charge is -2.30. The van der Waals surface area contributed by atoms with Gasteiger partial charge in [0.1, 0.15) is 0 Å². The van der Waals surface area contributed by atoms with Crippen LogP contribution in [0.15, 0.2) is 12.1 Å². The molecule has 150 valence electrons. The van der Waals surface area contributed by atoms with Crippen molar-refractivity contribution in [3.05, 3.63) is 17.7 Å². The number of hydrogen-bond acceptors (Lipinski definition) is 7. The van der Waals surface area contributed by atoms with Crippen LogP contribution in [0.2, 0.25) is 0 Å². The highest BCUT2D eigenvalue weighted by atomic mass is 32.2. The topological polar surface area (TPSA) is 88.1 Å². The highest BCUT2D eigenvalue weighted by molar-refractivity contribution is 8.00. The molecule has 0 radical (unpaired) electrons. The van der Waals surface area contributed by atoms with Crippen LogP contribution in [0.4, 0.5) is 0 Å². The smallest absolute Gasteiger partial charge is 0.255 e. The summed E-state index contributed by atoms with van der Waals surface area (Å²) < 4.78 is 15.9. The first kappa shape index (κ1) is 21.2. The number of thioether (sulfide) groups is 1. The number of unbranched alkanes of at least 4 members (excludes halogenated alkanes) is 2. The quantitative estimate of drug-likeness (QED) is 0.589. The zero-order valence-electron chi connectivity index (χ0n) is 16.1. The first-order valence-electron chi connectivity index (χ1n) is 8.93. The van der Waals surface area contributed by atoms with Gasteiger partial charge in [-0.1, -0.05) is 26.2 Å². The van der Waals surface area contributed by atoms with Crippen molar-refractivity contribution in [1.29, 1.82) is 0 Å². The van der Waals surface area contributed by atoms with E-state index in [-0.39, 0.29) is 11.3 Å². The van der Waals surface area contributed by atoms with Crippen LogP contribution in [0.25, 0.3) is 0 Å². The molecule has 27 heavy (non-hydrogen) atoms. The van der Waals surface area contributed by atoms with E-state index in [9.17, 15) is 14.7 Å². The molecular weight excluding hydrogens is 370 g/mol. The summed E-state index contributed by atoms with van der Waals surface area (Å²) in [7, 11) is 4.42. The first-order valence-corrected chi connectivity index (χ1v) is 9.98. The summed E-state index contributed by atoms with van der Waals surface area (Å²) >= 11 is 1.48. The summed E-state index contributed by atoms with van der Waals surface area (Å²) in [5, 5.41) is 11.4. The van der Waals surface area contributed by atoms with Gasteiger partial charge in [0.2, 0.25) is 5.75 Å². The molecule has 0 aromatic heterocycles. The van der Waals surface area contributed by atoms with Crippen molar-refractivity contribution in [2.45, 2.75) is 44.0 Å². The van der Waals surface area contributed by atoms with Crippen LogP contribution in [-0.2, 0) is 4.79 Å². The Bertz CT molecular complexity index is 655. The fraction of sp³-hybridized carbons (Fsp3) is 0.579. The standard InChI is InChI=1S/C19H27NO6S/c1-5-6-7-8-16-20(13(11-27-16)19(22)23)18(21)12-9-14(24-2)17(26-4)15(10-12)25-3/h9-10,13,16H,5-8,11H2,1-4H3,(H,22,23)/p-1/t13-,16+/m0/s1. The Morgan fingerprint density at radius 2 is 1.78 bits per heavy atom. The molecule has 0 spiro atoms. The average Bonchev–Trinajstić information content (AvgIpc) is 3.10. The van der Waals surface area contributed by atoms with Crippen molar-refractivity contribution in [2.24, 2.45) is 0 Å². The van der Waals surface area contributed by atoms with E-state index in [1.165, 1.54) is 38.0 Å². The van der Waals surface area contributed by atoms with Gasteiger partial charge in [0.05, 0.1) is 38.7 Å². The Labute approximate surface area is 164 Å². The Morgan fingerprint density at radius 3 is 2.26 bits per heavy atom. The van der Waals surface area contributed by atoms with Crippen LogP contribution in [0.3, 0.4) is 0 Å². The molecule has 2 atom stereocenters. The number of nitrogens with zero attached hydrogens (tertiary/aromatic N) is 1. The third kappa shape index (κ3) is 4.61. The molecule has 1 fully saturated rings. The van der Waals surface area contributed by atoms with E-state index in [0.29, 0.717) is 28.6 Å². The maximum absolute atomic E-state index is 13.2. The minimum absolute atomic E-state index is 0.189. The highest BCUT2D eigenvalue weighted by Gasteiger charge is 2.38. The number of hydrogen-bond donors (Lipinski definition) is 0. The Hall–Kier alpha value is -2.09. The van der Waals surface area contributed by atoms with Crippen LogP contribution < -0.4 is 19.3 Å². The van der Waals surface area contributed by atoms with Crippen LogP contribution in [0.5, 0.6) is 17.2 Å². The van der Waals surface area contributed by atoms with E-state index in [2.05, 4.69) is 6.92 Å². The van der Waals surface area contributed by atoms with Gasteiger partial charge >= 0.3 is 0 Å². The molecule has 0 bridgehead atoms. The van der Waals surface area contributed by atoms with Crippen LogP contribution in [0, 0.1) is 0 Å². The number of ether oxygens (including phenoxy) is 3. The lowest BCUT2D eigenvalue weighted by Crippen LogP contribution is -2.50. The Morgan fingerprint density at radius 1 is 1.15 bits per heavy atom. The lowest BCUT2D eigenvalue weighted by molar-refractivity contribution is -0.310. The molecule has 2 rings (SSSR count). The number of aliphatic carboxylic acids is 1. The van der Waals surface area contributed by atoms with Gasteiger partial charge in [-0.3, -0.25) is 4.79 Å². The highest BCUT2D eigenvalue weighted by Crippen LogP contribution is 2.40. The van der Waals surface area contributed by atoms with Crippen LogP contribution >= 0.6 is 11.8 Å². The summed E-state index contributed by atoms with van der Waals surface area (Å²) in [5.41, 5.74) is 0.291. The minimum Gasteiger partial charge on any atom is -0.548 e. The second kappa shape index (κ2) is 9.73. The Balaban J connectivity index is 2.37. The van der Waals surface area contributed by atoms with Crippen molar-refractivity contribution >= 4 is 23.6 Å². The predicted molar refractivity (Wildman–Crippen MR) is 101 cm³/mol. The van der Waals surface area contributed by atoms with Crippen LogP contribution in [0.1, 0.15) is 43.0 Å². The molecular formula is C19H26NO6S-. The number of rotatable bonds is 9. The van der Waals surface area contributed by atoms with Gasteiger partial charge in [-0.15, -0.1) is 11.8 Å². The molecule has 1 aromatic carbocycles. The lowest BCUT2D eigenvalue weighted by atomic mass is 10.1. The van der Waals surface area contributed by atoms with Gasteiger partial charge in [-0.05, 0) is 18.6 Å². The molecule has 8 heteroatoms. The number of methoxy groups -OCH3 is 3. The van der Waals surface area contributed by atoms with E-state index in [1.807, 2.05) is 0 Å². The number of carbonyl (C=O) groups is 2.